The average Bonchev–Trinajstić information content (AvgIpc) is 2.92. The lowest BCUT2D eigenvalue weighted by Crippen LogP contribution is -2.24. The fourth-order valence-electron chi connectivity index (χ4n) is 1.78. The average molecular weight is 287 g/mol. The summed E-state index contributed by atoms with van der Waals surface area (Å²) >= 11 is 0. The van der Waals surface area contributed by atoms with E-state index >= 15 is 0 Å². The van der Waals surface area contributed by atoms with Gasteiger partial charge in [0, 0.05) is 11.6 Å². The normalized spacial score (nSPS) is 12.3. The second-order valence-electron chi connectivity index (χ2n) is 4.49. The summed E-state index contributed by atoms with van der Waals surface area (Å²) in [5, 5.41) is 6.44. The van der Waals surface area contributed by atoms with E-state index in [9.17, 15) is 4.79 Å². The molecule has 1 atom stereocenters. The van der Waals surface area contributed by atoms with Gasteiger partial charge in [-0.2, -0.15) is 4.98 Å². The summed E-state index contributed by atoms with van der Waals surface area (Å²) in [6.07, 6.45) is 3.14. The molecule has 1 aromatic heterocycles. The van der Waals surface area contributed by atoms with Gasteiger partial charge in [-0.15, -0.1) is 0 Å². The molecule has 1 N–H and O–H groups in total. The van der Waals surface area contributed by atoms with Gasteiger partial charge in [0.15, 0.2) is 5.82 Å². The number of nitrogens with one attached hydrogen (secondary N) is 1. The van der Waals surface area contributed by atoms with E-state index < -0.39 is 0 Å². The van der Waals surface area contributed by atoms with Crippen LogP contribution in [0.2, 0.25) is 0 Å². The molecule has 1 amide bonds. The minimum atomic E-state index is -0.346. The van der Waals surface area contributed by atoms with Crippen molar-refractivity contribution in [2.45, 2.75) is 19.9 Å². The summed E-state index contributed by atoms with van der Waals surface area (Å²) in [4.78, 5) is 16.0. The van der Waals surface area contributed by atoms with Crippen LogP contribution in [0.5, 0.6) is 5.75 Å². The summed E-state index contributed by atoms with van der Waals surface area (Å²) < 4.78 is 10.2. The number of para-hydroxylation sites is 1. The monoisotopic (exact) mass is 287 g/mol. The summed E-state index contributed by atoms with van der Waals surface area (Å²) in [5.74, 6) is 1.38. The van der Waals surface area contributed by atoms with Crippen LogP contribution < -0.4 is 10.1 Å². The number of methoxy groups -OCH3 is 1. The Hall–Kier alpha value is -2.63. The lowest BCUT2D eigenvalue weighted by Gasteiger charge is -2.07. The van der Waals surface area contributed by atoms with E-state index in [0.29, 0.717) is 17.5 Å². The molecule has 0 bridgehead atoms. The number of aromatic nitrogens is 2. The molecule has 0 fully saturated rings. The highest BCUT2D eigenvalue weighted by atomic mass is 16.5. The Morgan fingerprint density at radius 1 is 1.43 bits per heavy atom. The molecular formula is C15H17N3O3. The molecule has 0 aliphatic heterocycles. The van der Waals surface area contributed by atoms with Crippen LogP contribution in [0.1, 0.15) is 30.2 Å². The predicted octanol–water partition coefficient (Wildman–Crippen LogP) is 2.28. The molecule has 21 heavy (non-hydrogen) atoms. The van der Waals surface area contributed by atoms with Crippen LogP contribution in [0.4, 0.5) is 0 Å². The molecule has 1 aromatic carbocycles. The number of ether oxygens (including phenoxy) is 1. The number of aryl methyl sites for hydroxylation is 1. The Labute approximate surface area is 122 Å². The zero-order chi connectivity index (χ0) is 15.2. The molecule has 0 spiro atoms. The number of hydrogen-bond donors (Lipinski definition) is 1. The summed E-state index contributed by atoms with van der Waals surface area (Å²) in [7, 11) is 1.59. The van der Waals surface area contributed by atoms with Gasteiger partial charge in [-0.05, 0) is 26.0 Å². The third-order valence-electron chi connectivity index (χ3n) is 2.83. The molecule has 0 saturated carbocycles. The molecule has 2 rings (SSSR count). The maximum Gasteiger partial charge on any atom is 0.248 e. The van der Waals surface area contributed by atoms with E-state index in [0.717, 1.165) is 5.56 Å². The first-order chi connectivity index (χ1) is 10.1. The Kier molecular flexibility index (Phi) is 4.71. The Morgan fingerprint density at radius 2 is 2.19 bits per heavy atom. The van der Waals surface area contributed by atoms with Crippen LogP contribution >= 0.6 is 0 Å². The van der Waals surface area contributed by atoms with Gasteiger partial charge in [0.05, 0.1) is 7.11 Å². The van der Waals surface area contributed by atoms with Gasteiger partial charge in [-0.25, -0.2) is 0 Å². The lowest BCUT2D eigenvalue weighted by atomic mass is 10.2. The molecular weight excluding hydrogens is 270 g/mol. The van der Waals surface area contributed by atoms with Crippen molar-refractivity contribution in [3.63, 3.8) is 0 Å². The van der Waals surface area contributed by atoms with Crippen molar-refractivity contribution in [1.29, 1.82) is 0 Å². The van der Waals surface area contributed by atoms with Crippen molar-refractivity contribution in [1.82, 2.24) is 15.5 Å². The van der Waals surface area contributed by atoms with Gasteiger partial charge in [-0.3, -0.25) is 4.79 Å². The number of amides is 1. The third-order valence-corrected chi connectivity index (χ3v) is 2.83. The highest BCUT2D eigenvalue weighted by Crippen LogP contribution is 2.18. The van der Waals surface area contributed by atoms with E-state index in [4.69, 9.17) is 9.26 Å². The molecule has 6 nitrogen and oxygen atoms in total. The van der Waals surface area contributed by atoms with Gasteiger partial charge < -0.3 is 14.6 Å². The molecule has 0 aliphatic rings. The van der Waals surface area contributed by atoms with Crippen LogP contribution in [0.25, 0.3) is 6.08 Å². The zero-order valence-electron chi connectivity index (χ0n) is 12.2. The Morgan fingerprint density at radius 3 is 2.86 bits per heavy atom. The first-order valence-electron chi connectivity index (χ1n) is 6.52. The Balaban J connectivity index is 1.99. The number of benzene rings is 1. The van der Waals surface area contributed by atoms with E-state index in [1.54, 1.807) is 27.0 Å². The van der Waals surface area contributed by atoms with Crippen LogP contribution in [0.3, 0.4) is 0 Å². The van der Waals surface area contributed by atoms with E-state index in [2.05, 4.69) is 15.5 Å². The molecule has 0 saturated heterocycles. The van der Waals surface area contributed by atoms with Crippen molar-refractivity contribution in [3.8, 4) is 5.75 Å². The predicted molar refractivity (Wildman–Crippen MR) is 77.6 cm³/mol. The van der Waals surface area contributed by atoms with Crippen LogP contribution in [-0.2, 0) is 4.79 Å². The molecule has 110 valence electrons. The Bertz CT molecular complexity index is 649. The zero-order valence-corrected chi connectivity index (χ0v) is 12.2. The SMILES string of the molecule is COc1ccccc1/C=C/C(=O)N[C@@H](C)c1nc(C)no1. The number of hydrogen-bond acceptors (Lipinski definition) is 5. The number of carbonyl (C=O) groups excluding carboxylic acids is 1. The van der Waals surface area contributed by atoms with E-state index in [-0.39, 0.29) is 11.9 Å². The second kappa shape index (κ2) is 6.69. The number of rotatable bonds is 5. The molecule has 1 heterocycles. The van der Waals surface area contributed by atoms with Gasteiger partial charge in [0.1, 0.15) is 11.8 Å². The number of carbonyl (C=O) groups is 1. The standard InChI is InChI=1S/C15H17N3O3/c1-10(15-17-11(2)18-21-15)16-14(19)9-8-12-6-4-5-7-13(12)20-3/h4-10H,1-3H3,(H,16,19)/b9-8+/t10-/m0/s1. The van der Waals surface area contributed by atoms with Crippen molar-refractivity contribution in [2.75, 3.05) is 7.11 Å². The maximum absolute atomic E-state index is 11.9. The van der Waals surface area contributed by atoms with Crippen molar-refractivity contribution < 1.29 is 14.1 Å². The summed E-state index contributed by atoms with van der Waals surface area (Å²) in [6, 6.07) is 7.11. The smallest absolute Gasteiger partial charge is 0.248 e. The highest BCUT2D eigenvalue weighted by molar-refractivity contribution is 5.92. The topological polar surface area (TPSA) is 77.2 Å². The van der Waals surface area contributed by atoms with Gasteiger partial charge in [0.25, 0.3) is 0 Å². The van der Waals surface area contributed by atoms with E-state index in [1.807, 2.05) is 24.3 Å². The van der Waals surface area contributed by atoms with Gasteiger partial charge >= 0.3 is 0 Å². The van der Waals surface area contributed by atoms with Crippen LogP contribution in [-0.4, -0.2) is 23.2 Å². The largest absolute Gasteiger partial charge is 0.496 e. The molecule has 2 aromatic rings. The highest BCUT2D eigenvalue weighted by Gasteiger charge is 2.14. The van der Waals surface area contributed by atoms with Gasteiger partial charge in [-0.1, -0.05) is 23.4 Å². The minimum Gasteiger partial charge on any atom is -0.496 e. The third kappa shape index (κ3) is 3.92. The molecule has 0 unspecified atom stereocenters. The molecule has 0 aliphatic carbocycles. The first-order valence-corrected chi connectivity index (χ1v) is 6.52. The summed E-state index contributed by atoms with van der Waals surface area (Å²) in [5.41, 5.74) is 0.830. The molecule has 6 heteroatoms. The van der Waals surface area contributed by atoms with Crippen LogP contribution in [0, 0.1) is 6.92 Å². The first kappa shape index (κ1) is 14.8. The second-order valence-corrected chi connectivity index (χ2v) is 4.49. The van der Waals surface area contributed by atoms with Crippen LogP contribution in [0.15, 0.2) is 34.9 Å². The van der Waals surface area contributed by atoms with Gasteiger partial charge in [0.2, 0.25) is 11.8 Å². The quantitative estimate of drug-likeness (QED) is 0.854. The minimum absolute atomic E-state index is 0.246. The fraction of sp³-hybridized carbons (Fsp3) is 0.267. The van der Waals surface area contributed by atoms with E-state index in [1.165, 1.54) is 6.08 Å². The number of nitrogens with zero attached hydrogens (tertiary/aromatic N) is 2. The van der Waals surface area contributed by atoms with Crippen molar-refractivity contribution in [3.05, 3.63) is 47.6 Å². The lowest BCUT2D eigenvalue weighted by molar-refractivity contribution is -0.117. The van der Waals surface area contributed by atoms with Crippen molar-refractivity contribution >= 4 is 12.0 Å². The molecule has 0 radical (unpaired) electrons. The maximum atomic E-state index is 11.9. The fourth-order valence-corrected chi connectivity index (χ4v) is 1.78. The van der Waals surface area contributed by atoms with Crippen molar-refractivity contribution in [2.24, 2.45) is 0 Å². The summed E-state index contributed by atoms with van der Waals surface area (Å²) in [6.45, 7) is 3.50.